The van der Waals surface area contributed by atoms with E-state index < -0.39 is 6.10 Å². The molecule has 3 heteroatoms. The zero-order valence-corrected chi connectivity index (χ0v) is 22.4. The Balaban J connectivity index is 1.61. The highest BCUT2D eigenvalue weighted by Crippen LogP contribution is 2.75. The molecule has 0 bridgehead atoms. The van der Waals surface area contributed by atoms with Gasteiger partial charge < -0.3 is 15.3 Å². The molecule has 0 saturated heterocycles. The molecule has 188 valence electrons. The van der Waals surface area contributed by atoms with Crippen LogP contribution in [0.2, 0.25) is 0 Å². The SMILES string of the molecule is CC1(C)CC[C@]2(CO)[C@@H](O)C[C@]3(C)C(=CC[C@@H]4[C@@]5(C)CC[C@H](O)C(C)(C)[C@@H]5CC[C@]43C)[C@@H]2C1. The maximum atomic E-state index is 11.7. The number of rotatable bonds is 1. The summed E-state index contributed by atoms with van der Waals surface area (Å²) in [5.41, 5.74) is 1.78. The number of allylic oxidation sites excluding steroid dienone is 2. The predicted octanol–water partition coefficient (Wildman–Crippen LogP) is 6.11. The molecule has 3 N–H and O–H groups in total. The molecule has 0 amide bonds. The van der Waals surface area contributed by atoms with Crippen molar-refractivity contribution in [3.63, 3.8) is 0 Å². The lowest BCUT2D eigenvalue weighted by Gasteiger charge is -2.72. The van der Waals surface area contributed by atoms with Gasteiger partial charge >= 0.3 is 0 Å². The highest BCUT2D eigenvalue weighted by Gasteiger charge is 2.69. The van der Waals surface area contributed by atoms with E-state index in [-0.39, 0.29) is 51.1 Å². The fourth-order valence-corrected chi connectivity index (χ4v) is 10.7. The number of aliphatic hydroxyl groups is 3. The van der Waals surface area contributed by atoms with Gasteiger partial charge in [0.25, 0.3) is 0 Å². The third-order valence-corrected chi connectivity index (χ3v) is 13.2. The summed E-state index contributed by atoms with van der Waals surface area (Å²) in [4.78, 5) is 0. The smallest absolute Gasteiger partial charge is 0.0632 e. The molecule has 0 aliphatic heterocycles. The van der Waals surface area contributed by atoms with Crippen LogP contribution in [-0.4, -0.2) is 34.1 Å². The van der Waals surface area contributed by atoms with Gasteiger partial charge in [0.15, 0.2) is 0 Å². The molecule has 3 nitrogen and oxygen atoms in total. The summed E-state index contributed by atoms with van der Waals surface area (Å²) < 4.78 is 0. The van der Waals surface area contributed by atoms with Crippen molar-refractivity contribution in [2.45, 2.75) is 118 Å². The van der Waals surface area contributed by atoms with Gasteiger partial charge in [-0.25, -0.2) is 0 Å². The van der Waals surface area contributed by atoms with Crippen LogP contribution in [0.4, 0.5) is 0 Å². The van der Waals surface area contributed by atoms with Gasteiger partial charge in [0.1, 0.15) is 0 Å². The average molecular weight is 459 g/mol. The van der Waals surface area contributed by atoms with Crippen LogP contribution in [0.1, 0.15) is 106 Å². The Morgan fingerprint density at radius 2 is 1.52 bits per heavy atom. The molecule has 0 unspecified atom stereocenters. The topological polar surface area (TPSA) is 60.7 Å². The Morgan fingerprint density at radius 1 is 0.818 bits per heavy atom. The van der Waals surface area contributed by atoms with Gasteiger partial charge in [-0.3, -0.25) is 0 Å². The standard InChI is InChI=1S/C30H50O3/c1-25(2)14-15-30(18-31)20(16-25)19-8-9-22-27(5)12-11-23(32)26(3,4)21(27)10-13-28(22,6)29(19,7)17-24(30)33/h8,20-24,31-33H,9-18H2,1-7H3/t20-,21-,22+,23-,24-,27-,28+,29+,30+/m0/s1. The Bertz CT molecular complexity index is 843. The van der Waals surface area contributed by atoms with E-state index in [1.807, 2.05) is 0 Å². The van der Waals surface area contributed by atoms with Crippen molar-refractivity contribution in [3.05, 3.63) is 11.6 Å². The largest absolute Gasteiger partial charge is 0.396 e. The molecule has 0 aromatic carbocycles. The highest BCUT2D eigenvalue weighted by molar-refractivity contribution is 5.35. The molecule has 0 aromatic heterocycles. The molecular formula is C30H50O3. The number of aliphatic hydroxyl groups excluding tert-OH is 3. The molecule has 9 atom stereocenters. The molecule has 4 saturated carbocycles. The summed E-state index contributed by atoms with van der Waals surface area (Å²) in [7, 11) is 0. The summed E-state index contributed by atoms with van der Waals surface area (Å²) in [6.45, 7) is 17.0. The van der Waals surface area contributed by atoms with E-state index in [2.05, 4.69) is 54.5 Å². The second kappa shape index (κ2) is 7.10. The third-order valence-electron chi connectivity index (χ3n) is 13.2. The summed E-state index contributed by atoms with van der Waals surface area (Å²) in [6.07, 6.45) is 11.3. The fourth-order valence-electron chi connectivity index (χ4n) is 10.7. The van der Waals surface area contributed by atoms with Gasteiger partial charge in [0.05, 0.1) is 18.8 Å². The van der Waals surface area contributed by atoms with Crippen molar-refractivity contribution in [2.24, 2.45) is 50.2 Å². The molecule has 5 rings (SSSR count). The van der Waals surface area contributed by atoms with Crippen LogP contribution in [0.25, 0.3) is 0 Å². The van der Waals surface area contributed by atoms with E-state index in [0.717, 1.165) is 44.9 Å². The van der Waals surface area contributed by atoms with Crippen molar-refractivity contribution in [3.8, 4) is 0 Å². The Labute approximate surface area is 202 Å². The van der Waals surface area contributed by atoms with E-state index in [1.54, 1.807) is 5.57 Å². The fraction of sp³-hybridized carbons (Fsp3) is 0.933. The molecule has 0 radical (unpaired) electrons. The van der Waals surface area contributed by atoms with E-state index in [1.165, 1.54) is 12.8 Å². The molecule has 4 fully saturated rings. The number of hydrogen-bond donors (Lipinski definition) is 3. The van der Waals surface area contributed by atoms with Crippen LogP contribution in [-0.2, 0) is 0 Å². The van der Waals surface area contributed by atoms with Crippen LogP contribution in [0.5, 0.6) is 0 Å². The lowest BCUT2D eigenvalue weighted by atomic mass is 9.33. The molecular weight excluding hydrogens is 408 g/mol. The zero-order valence-electron chi connectivity index (χ0n) is 22.4. The van der Waals surface area contributed by atoms with Gasteiger partial charge in [-0.15, -0.1) is 0 Å². The summed E-state index contributed by atoms with van der Waals surface area (Å²) in [6, 6.07) is 0. The maximum absolute atomic E-state index is 11.7. The zero-order chi connectivity index (χ0) is 24.2. The molecule has 0 heterocycles. The van der Waals surface area contributed by atoms with Crippen molar-refractivity contribution >= 4 is 0 Å². The first-order valence-corrected chi connectivity index (χ1v) is 13.9. The van der Waals surface area contributed by atoms with Crippen molar-refractivity contribution in [1.82, 2.24) is 0 Å². The molecule has 0 aromatic rings. The van der Waals surface area contributed by atoms with Crippen LogP contribution >= 0.6 is 0 Å². The van der Waals surface area contributed by atoms with E-state index in [0.29, 0.717) is 11.8 Å². The minimum absolute atomic E-state index is 0.0275. The van der Waals surface area contributed by atoms with Crippen molar-refractivity contribution in [2.75, 3.05) is 6.61 Å². The monoisotopic (exact) mass is 458 g/mol. The first kappa shape index (κ1) is 24.3. The van der Waals surface area contributed by atoms with Crippen LogP contribution in [0.3, 0.4) is 0 Å². The van der Waals surface area contributed by atoms with Crippen LogP contribution in [0.15, 0.2) is 11.6 Å². The van der Waals surface area contributed by atoms with Crippen LogP contribution in [0, 0.1) is 50.2 Å². The summed E-state index contributed by atoms with van der Waals surface area (Å²) >= 11 is 0. The van der Waals surface area contributed by atoms with Gasteiger partial charge in [-0.2, -0.15) is 0 Å². The van der Waals surface area contributed by atoms with Gasteiger partial charge in [0.2, 0.25) is 0 Å². The van der Waals surface area contributed by atoms with Gasteiger partial charge in [-0.05, 0) is 103 Å². The Morgan fingerprint density at radius 3 is 2.18 bits per heavy atom. The Hall–Kier alpha value is -0.380. The first-order valence-electron chi connectivity index (χ1n) is 13.9. The van der Waals surface area contributed by atoms with Gasteiger partial charge in [0, 0.05) is 5.41 Å². The quantitative estimate of drug-likeness (QED) is 0.415. The van der Waals surface area contributed by atoms with E-state index >= 15 is 0 Å². The summed E-state index contributed by atoms with van der Waals surface area (Å²) in [5.74, 6) is 1.41. The minimum atomic E-state index is -0.434. The number of hydrogen-bond acceptors (Lipinski definition) is 3. The molecule has 0 spiro atoms. The average Bonchev–Trinajstić information content (AvgIpc) is 2.71. The number of fused-ring (bicyclic) bond motifs is 7. The molecule has 5 aliphatic rings. The second-order valence-electron chi connectivity index (χ2n) is 15.2. The maximum Gasteiger partial charge on any atom is 0.0632 e. The van der Waals surface area contributed by atoms with E-state index in [9.17, 15) is 15.3 Å². The summed E-state index contributed by atoms with van der Waals surface area (Å²) in [5, 5.41) is 33.3. The van der Waals surface area contributed by atoms with Crippen LogP contribution < -0.4 is 0 Å². The highest BCUT2D eigenvalue weighted by atomic mass is 16.3. The van der Waals surface area contributed by atoms with Crippen molar-refractivity contribution < 1.29 is 15.3 Å². The normalized spacial score (nSPS) is 54.8. The van der Waals surface area contributed by atoms with Crippen molar-refractivity contribution in [1.29, 1.82) is 0 Å². The predicted molar refractivity (Wildman–Crippen MR) is 134 cm³/mol. The lowest BCUT2D eigenvalue weighted by Crippen LogP contribution is -2.67. The third kappa shape index (κ3) is 2.91. The van der Waals surface area contributed by atoms with Gasteiger partial charge in [-0.1, -0.05) is 60.1 Å². The van der Waals surface area contributed by atoms with E-state index in [4.69, 9.17) is 0 Å². The Kier molecular flexibility index (Phi) is 5.23. The lowest BCUT2D eigenvalue weighted by molar-refractivity contribution is -0.218. The second-order valence-corrected chi connectivity index (χ2v) is 15.2. The molecule has 33 heavy (non-hydrogen) atoms. The molecule has 5 aliphatic carbocycles. The first-order chi connectivity index (χ1) is 15.2. The minimum Gasteiger partial charge on any atom is -0.396 e.